The first-order valence-electron chi connectivity index (χ1n) is 9.86. The highest BCUT2D eigenvalue weighted by atomic mass is 31.2. The van der Waals surface area contributed by atoms with Crippen LogP contribution in [0.15, 0.2) is 52.2 Å². The molecular weight excluding hydrogens is 480 g/mol. The molecule has 6 atom stereocenters. The van der Waals surface area contributed by atoms with Crippen molar-refractivity contribution in [3.05, 3.63) is 63.4 Å². The van der Waals surface area contributed by atoms with E-state index < -0.39 is 61.4 Å². The van der Waals surface area contributed by atoms with Gasteiger partial charge >= 0.3 is 19.4 Å². The Labute approximate surface area is 191 Å². The second kappa shape index (κ2) is 9.41. The number of hydrogen-bond donors (Lipinski definition) is 5. The van der Waals surface area contributed by atoms with Gasteiger partial charge < -0.3 is 24.6 Å². The first kappa shape index (κ1) is 25.7. The van der Waals surface area contributed by atoms with Gasteiger partial charge in [0.25, 0.3) is 11.4 Å². The molecule has 0 saturated carbocycles. The van der Waals surface area contributed by atoms with Crippen LogP contribution in [-0.4, -0.2) is 61.0 Å². The van der Waals surface area contributed by atoms with E-state index in [2.05, 4.69) is 5.09 Å². The van der Waals surface area contributed by atoms with Gasteiger partial charge in [-0.1, -0.05) is 18.2 Å². The molecule has 2 aromatic rings. The molecule has 34 heavy (non-hydrogen) atoms. The van der Waals surface area contributed by atoms with Crippen LogP contribution in [0.2, 0.25) is 0 Å². The van der Waals surface area contributed by atoms with Crippen molar-refractivity contribution in [1.82, 2.24) is 14.6 Å². The highest BCUT2D eigenvalue weighted by Crippen LogP contribution is 2.50. The van der Waals surface area contributed by atoms with Crippen molar-refractivity contribution in [1.29, 1.82) is 0 Å². The van der Waals surface area contributed by atoms with Gasteiger partial charge in [0, 0.05) is 12.3 Å². The lowest BCUT2D eigenvalue weighted by Gasteiger charge is -2.28. The standard InChI is InChI=1S/C19H23FN3O10P/c1-11(14(25)26)22-34(30,33-12-6-4-3-5-7-12)31-10-19(20)15(27)18(2,29)16(32-19)23-9-8-13(24)21-17(23)28/h3-9,11,15-16,27,29H,10H2,1-2H3,(H,22,30)(H,25,26)(H,21,24,28)/t11-,15+,16-,18-,19-,34?/m1/s1. The second-order valence-electron chi connectivity index (χ2n) is 7.77. The smallest absolute Gasteiger partial charge is 0.459 e. The van der Waals surface area contributed by atoms with Crippen LogP contribution >= 0.6 is 7.75 Å². The van der Waals surface area contributed by atoms with Gasteiger partial charge in [0.1, 0.15) is 30.1 Å². The zero-order valence-corrected chi connectivity index (χ0v) is 18.8. The molecule has 1 aromatic carbocycles. The van der Waals surface area contributed by atoms with Crippen molar-refractivity contribution < 1.29 is 42.9 Å². The predicted molar refractivity (Wildman–Crippen MR) is 113 cm³/mol. The Kier molecular flexibility index (Phi) is 7.12. The van der Waals surface area contributed by atoms with Gasteiger partial charge in [-0.15, -0.1) is 0 Å². The predicted octanol–water partition coefficient (Wildman–Crippen LogP) is 0.110. The van der Waals surface area contributed by atoms with Crippen molar-refractivity contribution in [3.63, 3.8) is 0 Å². The van der Waals surface area contributed by atoms with E-state index in [-0.39, 0.29) is 5.75 Å². The fourth-order valence-corrected chi connectivity index (χ4v) is 4.69. The number of nitrogens with one attached hydrogen (secondary N) is 2. The van der Waals surface area contributed by atoms with Gasteiger partial charge in [0.05, 0.1) is 0 Å². The van der Waals surface area contributed by atoms with Crippen LogP contribution in [0.25, 0.3) is 0 Å². The molecule has 1 aromatic heterocycles. The molecule has 0 spiro atoms. The molecule has 0 amide bonds. The van der Waals surface area contributed by atoms with Gasteiger partial charge in [0.2, 0.25) is 0 Å². The lowest BCUT2D eigenvalue weighted by molar-refractivity contribution is -0.204. The zero-order chi connectivity index (χ0) is 25.3. The normalized spacial score (nSPS) is 29.3. The molecule has 186 valence electrons. The Morgan fingerprint density at radius 1 is 1.35 bits per heavy atom. The third-order valence-corrected chi connectivity index (χ3v) is 6.62. The number of benzene rings is 1. The molecular formula is C19H23FN3O10P. The monoisotopic (exact) mass is 503 g/mol. The van der Waals surface area contributed by atoms with E-state index in [1.54, 1.807) is 6.07 Å². The Hall–Kier alpha value is -2.87. The van der Waals surface area contributed by atoms with E-state index in [0.29, 0.717) is 4.57 Å². The van der Waals surface area contributed by atoms with Crippen molar-refractivity contribution in [2.45, 2.75) is 43.7 Å². The minimum Gasteiger partial charge on any atom is -0.480 e. The molecule has 0 radical (unpaired) electrons. The zero-order valence-electron chi connectivity index (χ0n) is 18.0. The fourth-order valence-electron chi connectivity index (χ4n) is 3.18. The number of aromatic nitrogens is 2. The molecule has 2 heterocycles. The van der Waals surface area contributed by atoms with Gasteiger partial charge in [-0.05, 0) is 26.0 Å². The minimum atomic E-state index is -4.58. The highest BCUT2D eigenvalue weighted by Gasteiger charge is 2.63. The van der Waals surface area contributed by atoms with Crippen LogP contribution in [0, 0.1) is 0 Å². The van der Waals surface area contributed by atoms with Gasteiger partial charge in [0.15, 0.2) is 6.23 Å². The van der Waals surface area contributed by atoms with Crippen LogP contribution in [0.3, 0.4) is 0 Å². The van der Waals surface area contributed by atoms with Crippen molar-refractivity contribution in [2.75, 3.05) is 6.61 Å². The number of aliphatic hydroxyl groups is 2. The largest absolute Gasteiger partial charge is 0.480 e. The third kappa shape index (κ3) is 5.27. The topological polar surface area (TPSA) is 189 Å². The summed E-state index contributed by atoms with van der Waals surface area (Å²) in [7, 11) is -4.58. The van der Waals surface area contributed by atoms with E-state index >= 15 is 4.39 Å². The van der Waals surface area contributed by atoms with Gasteiger partial charge in [-0.25, -0.2) is 13.8 Å². The van der Waals surface area contributed by atoms with Crippen LogP contribution in [0.5, 0.6) is 5.75 Å². The van der Waals surface area contributed by atoms with Crippen molar-refractivity contribution in [3.8, 4) is 5.75 Å². The maximum Gasteiger partial charge on any atom is 0.459 e. The molecule has 1 saturated heterocycles. The fraction of sp³-hybridized carbons (Fsp3) is 0.421. The Balaban J connectivity index is 1.87. The van der Waals surface area contributed by atoms with Gasteiger partial charge in [-0.3, -0.25) is 23.7 Å². The molecule has 0 aliphatic carbocycles. The number of alkyl halides is 1. The van der Waals surface area contributed by atoms with E-state index in [1.807, 2.05) is 4.98 Å². The average Bonchev–Trinajstić information content (AvgIpc) is 2.93. The number of carboxylic acids is 1. The molecule has 1 unspecified atom stereocenters. The second-order valence-corrected chi connectivity index (χ2v) is 9.46. The SMILES string of the molecule is C[C@@H](NP(=O)(OC[C@@]1(F)O[C@@H](n2ccc(=O)[nH]c2=O)[C@](C)(O)[C@@H]1O)Oc1ccccc1)C(=O)O. The molecule has 1 aliphatic rings. The number of H-pyrrole nitrogens is 1. The first-order chi connectivity index (χ1) is 15.8. The summed E-state index contributed by atoms with van der Waals surface area (Å²) in [5, 5.41) is 32.4. The highest BCUT2D eigenvalue weighted by molar-refractivity contribution is 7.52. The summed E-state index contributed by atoms with van der Waals surface area (Å²) < 4.78 is 45.0. The Bertz CT molecular complexity index is 1200. The summed E-state index contributed by atoms with van der Waals surface area (Å²) in [4.78, 5) is 36.5. The summed E-state index contributed by atoms with van der Waals surface area (Å²) in [6.45, 7) is 0.816. The molecule has 13 nitrogen and oxygen atoms in total. The third-order valence-electron chi connectivity index (χ3n) is 5.00. The maximum atomic E-state index is 15.6. The van der Waals surface area contributed by atoms with Crippen molar-refractivity contribution in [2.24, 2.45) is 0 Å². The Morgan fingerprint density at radius 2 is 2.00 bits per heavy atom. The quantitative estimate of drug-likeness (QED) is 0.292. The van der Waals surface area contributed by atoms with Crippen LogP contribution < -0.4 is 20.9 Å². The van der Waals surface area contributed by atoms with E-state index in [0.717, 1.165) is 26.1 Å². The summed E-state index contributed by atoms with van der Waals surface area (Å²) in [5.74, 6) is -4.64. The summed E-state index contributed by atoms with van der Waals surface area (Å²) in [5.41, 5.74) is -4.22. The van der Waals surface area contributed by atoms with E-state index in [9.17, 15) is 29.2 Å². The van der Waals surface area contributed by atoms with E-state index in [4.69, 9.17) is 18.9 Å². The summed E-state index contributed by atoms with van der Waals surface area (Å²) in [6, 6.07) is 6.94. The van der Waals surface area contributed by atoms with Crippen LogP contribution in [0.1, 0.15) is 20.1 Å². The summed E-state index contributed by atoms with van der Waals surface area (Å²) >= 11 is 0. The number of ether oxygens (including phenoxy) is 1. The number of hydrogen-bond acceptors (Lipinski definition) is 9. The number of rotatable bonds is 9. The van der Waals surface area contributed by atoms with Crippen LogP contribution in [0.4, 0.5) is 4.39 Å². The molecule has 0 bridgehead atoms. The molecule has 3 rings (SSSR count). The average molecular weight is 503 g/mol. The number of para-hydroxylation sites is 1. The molecule has 5 N–H and O–H groups in total. The lowest BCUT2D eigenvalue weighted by atomic mass is 9.95. The minimum absolute atomic E-state index is 0.00128. The number of aliphatic hydroxyl groups excluding tert-OH is 1. The number of nitrogens with zero attached hydrogens (tertiary/aromatic N) is 1. The lowest BCUT2D eigenvalue weighted by Crippen LogP contribution is -2.50. The number of aromatic amines is 1. The maximum absolute atomic E-state index is 15.6. The van der Waals surface area contributed by atoms with Gasteiger partial charge in [-0.2, -0.15) is 5.09 Å². The van der Waals surface area contributed by atoms with Crippen molar-refractivity contribution >= 4 is 13.7 Å². The molecule has 1 aliphatic heterocycles. The number of aliphatic carboxylic acids is 1. The number of carboxylic acid groups (broad SMARTS) is 1. The van der Waals surface area contributed by atoms with Crippen LogP contribution in [-0.2, 0) is 18.6 Å². The number of carbonyl (C=O) groups is 1. The Morgan fingerprint density at radius 3 is 2.59 bits per heavy atom. The first-order valence-corrected chi connectivity index (χ1v) is 11.4. The molecule has 1 fully saturated rings. The number of halogens is 1. The summed E-state index contributed by atoms with van der Waals surface area (Å²) in [6.07, 6.45) is -3.22. The van der Waals surface area contributed by atoms with E-state index in [1.165, 1.54) is 24.3 Å². The molecule has 15 heteroatoms.